The number of anilines is 1. The maximum absolute atomic E-state index is 14.0. The summed E-state index contributed by atoms with van der Waals surface area (Å²) in [5, 5.41) is 2.57. The average molecular weight is 574 g/mol. The molecule has 2 amide bonds. The Morgan fingerprint density at radius 3 is 2.33 bits per heavy atom. The van der Waals surface area contributed by atoms with Gasteiger partial charge in [0.15, 0.2) is 0 Å². The number of nitrogens with one attached hydrogen (secondary N) is 1. The lowest BCUT2D eigenvalue weighted by atomic mass is 10.1. The van der Waals surface area contributed by atoms with Gasteiger partial charge in [-0.3, -0.25) is 13.9 Å². The Balaban J connectivity index is 2.02. The number of nitrogens with zero attached hydrogens (tertiary/aromatic N) is 2. The second-order valence-corrected chi connectivity index (χ2v) is 11.5. The summed E-state index contributed by atoms with van der Waals surface area (Å²) < 4.78 is 42.3. The number of carbonyl (C=O) groups excluding carboxylic acids is 2. The summed E-state index contributed by atoms with van der Waals surface area (Å²) >= 11 is 5.99. The molecule has 1 atom stereocenters. The van der Waals surface area contributed by atoms with Gasteiger partial charge in [-0.15, -0.1) is 0 Å². The molecule has 10 heteroatoms. The van der Waals surface area contributed by atoms with E-state index < -0.39 is 34.3 Å². The van der Waals surface area contributed by atoms with Crippen LogP contribution in [0.1, 0.15) is 37.8 Å². The topological polar surface area (TPSA) is 86.8 Å². The predicted octanol–water partition coefficient (Wildman–Crippen LogP) is 5.32. The van der Waals surface area contributed by atoms with Gasteiger partial charge in [-0.25, -0.2) is 12.8 Å². The monoisotopic (exact) mass is 573 g/mol. The van der Waals surface area contributed by atoms with Gasteiger partial charge < -0.3 is 10.2 Å². The standard InChI is InChI=1S/C29H33ClFN3O4S/c1-4-5-17-32-29(36)22(3)33(19-23-12-10-9-11-21(23)2)28(35)20-34(24-15-16-27(31)26(30)18-24)39(37,38)25-13-7-6-8-14-25/h6-16,18,22H,4-5,17,19-20H2,1-3H3,(H,32,36). The molecule has 208 valence electrons. The number of halogens is 2. The molecule has 0 aliphatic heterocycles. The lowest BCUT2D eigenvalue weighted by Crippen LogP contribution is -2.51. The van der Waals surface area contributed by atoms with Crippen molar-refractivity contribution in [3.05, 3.63) is 94.8 Å². The number of benzene rings is 3. The highest BCUT2D eigenvalue weighted by Crippen LogP contribution is 2.28. The molecule has 3 aromatic rings. The highest BCUT2D eigenvalue weighted by Gasteiger charge is 2.32. The van der Waals surface area contributed by atoms with Crippen LogP contribution < -0.4 is 9.62 Å². The van der Waals surface area contributed by atoms with Crippen molar-refractivity contribution in [1.29, 1.82) is 0 Å². The van der Waals surface area contributed by atoms with Crippen molar-refractivity contribution in [3.63, 3.8) is 0 Å². The van der Waals surface area contributed by atoms with Gasteiger partial charge in [-0.1, -0.05) is 67.4 Å². The first-order valence-electron chi connectivity index (χ1n) is 12.7. The number of sulfonamides is 1. The Kier molecular flexibility index (Phi) is 10.5. The SMILES string of the molecule is CCCCNC(=O)C(C)N(Cc1ccccc1C)C(=O)CN(c1ccc(F)c(Cl)c1)S(=O)(=O)c1ccccc1. The first-order valence-corrected chi connectivity index (χ1v) is 14.5. The zero-order valence-corrected chi connectivity index (χ0v) is 23.8. The molecule has 0 aromatic heterocycles. The molecule has 0 fully saturated rings. The van der Waals surface area contributed by atoms with E-state index in [-0.39, 0.29) is 28.1 Å². The van der Waals surface area contributed by atoms with Crippen LogP contribution in [-0.2, 0) is 26.2 Å². The third-order valence-electron chi connectivity index (χ3n) is 6.40. The van der Waals surface area contributed by atoms with Gasteiger partial charge in [0.1, 0.15) is 18.4 Å². The van der Waals surface area contributed by atoms with Crippen molar-refractivity contribution < 1.29 is 22.4 Å². The van der Waals surface area contributed by atoms with Crippen molar-refractivity contribution in [2.24, 2.45) is 0 Å². The van der Waals surface area contributed by atoms with E-state index in [1.54, 1.807) is 25.1 Å². The van der Waals surface area contributed by atoms with E-state index in [1.165, 1.54) is 23.1 Å². The van der Waals surface area contributed by atoms with E-state index in [4.69, 9.17) is 11.6 Å². The van der Waals surface area contributed by atoms with Crippen LogP contribution in [0.15, 0.2) is 77.7 Å². The van der Waals surface area contributed by atoms with Crippen LogP contribution in [0.25, 0.3) is 0 Å². The summed E-state index contributed by atoms with van der Waals surface area (Å²) in [7, 11) is -4.25. The molecule has 1 unspecified atom stereocenters. The third kappa shape index (κ3) is 7.58. The van der Waals surface area contributed by atoms with Crippen LogP contribution in [0.3, 0.4) is 0 Å². The second-order valence-electron chi connectivity index (χ2n) is 9.19. The lowest BCUT2D eigenvalue weighted by molar-refractivity contribution is -0.139. The van der Waals surface area contributed by atoms with Gasteiger partial charge in [0.25, 0.3) is 10.0 Å². The third-order valence-corrected chi connectivity index (χ3v) is 8.48. The molecule has 1 N–H and O–H groups in total. The summed E-state index contributed by atoms with van der Waals surface area (Å²) in [5.41, 5.74) is 1.77. The molecule has 0 radical (unpaired) electrons. The van der Waals surface area contributed by atoms with Crippen molar-refractivity contribution in [2.75, 3.05) is 17.4 Å². The fourth-order valence-electron chi connectivity index (χ4n) is 3.98. The minimum atomic E-state index is -4.25. The fraction of sp³-hybridized carbons (Fsp3) is 0.310. The van der Waals surface area contributed by atoms with E-state index in [2.05, 4.69) is 5.32 Å². The molecule has 7 nitrogen and oxygen atoms in total. The van der Waals surface area contributed by atoms with Crippen LogP contribution in [-0.4, -0.2) is 44.3 Å². The van der Waals surface area contributed by atoms with Crippen LogP contribution in [0, 0.1) is 12.7 Å². The van der Waals surface area contributed by atoms with Crippen LogP contribution in [0.4, 0.5) is 10.1 Å². The highest BCUT2D eigenvalue weighted by atomic mass is 35.5. The summed E-state index contributed by atoms with van der Waals surface area (Å²) in [6.45, 7) is 5.45. The zero-order chi connectivity index (χ0) is 28.6. The van der Waals surface area contributed by atoms with E-state index in [9.17, 15) is 22.4 Å². The molecular weight excluding hydrogens is 541 g/mol. The van der Waals surface area contributed by atoms with Gasteiger partial charge in [0, 0.05) is 13.1 Å². The van der Waals surface area contributed by atoms with Crippen molar-refractivity contribution in [1.82, 2.24) is 10.2 Å². The molecule has 3 rings (SSSR count). The zero-order valence-electron chi connectivity index (χ0n) is 22.2. The molecule has 0 spiro atoms. The Morgan fingerprint density at radius 1 is 1.03 bits per heavy atom. The molecular formula is C29H33ClFN3O4S. The average Bonchev–Trinajstić information content (AvgIpc) is 2.92. The molecule has 0 aliphatic rings. The molecule has 0 aliphatic carbocycles. The number of amides is 2. The van der Waals surface area contributed by atoms with Crippen LogP contribution in [0.2, 0.25) is 5.02 Å². The number of rotatable bonds is 12. The first-order chi connectivity index (χ1) is 18.6. The Labute approximate surface area is 234 Å². The van der Waals surface area contributed by atoms with Crippen molar-refractivity contribution in [2.45, 2.75) is 51.1 Å². The van der Waals surface area contributed by atoms with E-state index in [0.29, 0.717) is 6.54 Å². The number of carbonyl (C=O) groups is 2. The van der Waals surface area contributed by atoms with Crippen molar-refractivity contribution >= 4 is 39.1 Å². The minimum absolute atomic E-state index is 0.0227. The molecule has 39 heavy (non-hydrogen) atoms. The Hall–Kier alpha value is -3.43. The quantitative estimate of drug-likeness (QED) is 0.297. The fourth-order valence-corrected chi connectivity index (χ4v) is 5.58. The van der Waals surface area contributed by atoms with Gasteiger partial charge in [-0.05, 0) is 61.7 Å². The second kappa shape index (κ2) is 13.6. The summed E-state index contributed by atoms with van der Waals surface area (Å²) in [6, 6.07) is 17.7. The lowest BCUT2D eigenvalue weighted by Gasteiger charge is -2.32. The summed E-state index contributed by atoms with van der Waals surface area (Å²) in [6.07, 6.45) is 1.69. The van der Waals surface area contributed by atoms with E-state index >= 15 is 0 Å². The summed E-state index contributed by atoms with van der Waals surface area (Å²) in [4.78, 5) is 28.2. The maximum Gasteiger partial charge on any atom is 0.264 e. The van der Waals surface area contributed by atoms with Gasteiger partial charge in [-0.2, -0.15) is 0 Å². The first kappa shape index (κ1) is 30.1. The molecule has 0 bridgehead atoms. The largest absolute Gasteiger partial charge is 0.354 e. The molecule has 0 heterocycles. The normalized spacial score (nSPS) is 12.0. The Morgan fingerprint density at radius 2 is 1.69 bits per heavy atom. The van der Waals surface area contributed by atoms with Crippen LogP contribution >= 0.6 is 11.6 Å². The van der Waals surface area contributed by atoms with E-state index in [0.717, 1.165) is 40.4 Å². The number of unbranched alkanes of at least 4 members (excludes halogenated alkanes) is 1. The summed E-state index contributed by atoms with van der Waals surface area (Å²) in [5.74, 6) is -1.66. The van der Waals surface area contributed by atoms with Gasteiger partial charge >= 0.3 is 0 Å². The van der Waals surface area contributed by atoms with E-state index in [1.807, 2.05) is 38.1 Å². The van der Waals surface area contributed by atoms with Crippen LogP contribution in [0.5, 0.6) is 0 Å². The minimum Gasteiger partial charge on any atom is -0.354 e. The Bertz CT molecular complexity index is 1400. The highest BCUT2D eigenvalue weighted by molar-refractivity contribution is 7.92. The predicted molar refractivity (Wildman–Crippen MR) is 151 cm³/mol. The number of hydrogen-bond donors (Lipinski definition) is 1. The maximum atomic E-state index is 14.0. The van der Waals surface area contributed by atoms with Gasteiger partial charge in [0.05, 0.1) is 15.6 Å². The smallest absolute Gasteiger partial charge is 0.264 e. The van der Waals surface area contributed by atoms with Crippen molar-refractivity contribution in [3.8, 4) is 0 Å². The molecule has 3 aromatic carbocycles. The number of aryl methyl sites for hydroxylation is 1. The molecule has 0 saturated carbocycles. The van der Waals surface area contributed by atoms with Gasteiger partial charge in [0.2, 0.25) is 11.8 Å². The number of hydrogen-bond acceptors (Lipinski definition) is 4. The molecule has 0 saturated heterocycles.